The van der Waals surface area contributed by atoms with Crippen LogP contribution in [0.4, 0.5) is 0 Å². The molecule has 0 aliphatic carbocycles. The van der Waals surface area contributed by atoms with E-state index in [1.54, 1.807) is 11.9 Å². The maximum absolute atomic E-state index is 12.7. The molecule has 118 valence electrons. The third kappa shape index (κ3) is 3.04. The van der Waals surface area contributed by atoms with E-state index in [0.717, 1.165) is 5.56 Å². The van der Waals surface area contributed by atoms with E-state index in [1.807, 2.05) is 44.2 Å². The molecule has 1 heterocycles. The molecule has 0 saturated carbocycles. The van der Waals surface area contributed by atoms with E-state index in [9.17, 15) is 9.59 Å². The zero-order valence-electron chi connectivity index (χ0n) is 13.2. The van der Waals surface area contributed by atoms with Gasteiger partial charge in [0.15, 0.2) is 0 Å². The van der Waals surface area contributed by atoms with Crippen LogP contribution in [0.3, 0.4) is 0 Å². The monoisotopic (exact) mass is 302 g/mol. The number of carbonyl (C=O) groups is 2. The van der Waals surface area contributed by atoms with Crippen molar-refractivity contribution in [2.45, 2.75) is 13.8 Å². The zero-order chi connectivity index (χ0) is 16.3. The Morgan fingerprint density at radius 1 is 1.14 bits per heavy atom. The summed E-state index contributed by atoms with van der Waals surface area (Å²) in [6, 6.07) is 9.20. The summed E-state index contributed by atoms with van der Waals surface area (Å²) in [5, 5.41) is 9.14. The van der Waals surface area contributed by atoms with Crippen molar-refractivity contribution in [2.24, 2.45) is 5.92 Å². The third-order valence-corrected chi connectivity index (χ3v) is 3.57. The first-order valence-corrected chi connectivity index (χ1v) is 7.45. The van der Waals surface area contributed by atoms with E-state index >= 15 is 0 Å². The molecule has 0 fully saturated rings. The zero-order valence-corrected chi connectivity index (χ0v) is 13.2. The predicted octanol–water partition coefficient (Wildman–Crippen LogP) is 1.35. The average molecular weight is 302 g/mol. The van der Waals surface area contributed by atoms with Gasteiger partial charge in [0, 0.05) is 20.1 Å². The van der Waals surface area contributed by atoms with Crippen molar-refractivity contribution in [3.63, 3.8) is 0 Å². The van der Waals surface area contributed by atoms with Gasteiger partial charge in [0.2, 0.25) is 0 Å². The van der Waals surface area contributed by atoms with Crippen LogP contribution in [-0.4, -0.2) is 53.5 Å². The number of amides is 2. The van der Waals surface area contributed by atoms with Crippen LogP contribution in [0, 0.1) is 5.92 Å². The summed E-state index contributed by atoms with van der Waals surface area (Å²) in [6.45, 7) is 4.56. The van der Waals surface area contributed by atoms with Gasteiger partial charge in [-0.05, 0) is 11.5 Å². The minimum Gasteiger partial charge on any atom is -0.395 e. The van der Waals surface area contributed by atoms with Crippen LogP contribution < -0.4 is 0 Å². The number of likely N-dealkylation sites (N-methyl/N-ethyl adjacent to an activating group) is 1. The summed E-state index contributed by atoms with van der Waals surface area (Å²) < 4.78 is 0. The molecule has 0 aromatic heterocycles. The second kappa shape index (κ2) is 6.75. The Morgan fingerprint density at radius 2 is 1.77 bits per heavy atom. The SMILES string of the molecule is CC(C)CN1C(=O)C(c2ccccc2)=C(N(C)CCO)C1=O. The molecule has 0 atom stereocenters. The predicted molar refractivity (Wildman–Crippen MR) is 84.6 cm³/mol. The molecule has 1 N–H and O–H groups in total. The fraction of sp³-hybridized carbons (Fsp3) is 0.412. The lowest BCUT2D eigenvalue weighted by atomic mass is 10.0. The number of rotatable bonds is 6. The number of aliphatic hydroxyl groups is 1. The van der Waals surface area contributed by atoms with Crippen LogP contribution in [0.1, 0.15) is 19.4 Å². The highest BCUT2D eigenvalue weighted by molar-refractivity contribution is 6.35. The highest BCUT2D eigenvalue weighted by Gasteiger charge is 2.40. The first-order chi connectivity index (χ1) is 10.5. The van der Waals surface area contributed by atoms with Crippen molar-refractivity contribution in [2.75, 3.05) is 26.7 Å². The molecular formula is C17H22N2O3. The molecule has 0 radical (unpaired) electrons. The van der Waals surface area contributed by atoms with Crippen LogP contribution >= 0.6 is 0 Å². The Bertz CT molecular complexity index is 593. The van der Waals surface area contributed by atoms with Gasteiger partial charge in [-0.15, -0.1) is 0 Å². The summed E-state index contributed by atoms with van der Waals surface area (Å²) in [7, 11) is 1.72. The first kappa shape index (κ1) is 16.2. The molecule has 5 nitrogen and oxygen atoms in total. The molecule has 0 unspecified atom stereocenters. The lowest BCUT2D eigenvalue weighted by Gasteiger charge is -2.21. The number of aliphatic hydroxyl groups excluding tert-OH is 1. The lowest BCUT2D eigenvalue weighted by molar-refractivity contribution is -0.138. The summed E-state index contributed by atoms with van der Waals surface area (Å²) in [5.41, 5.74) is 1.51. The number of imide groups is 1. The van der Waals surface area contributed by atoms with E-state index < -0.39 is 0 Å². The standard InChI is InChI=1S/C17H22N2O3/c1-12(2)11-19-16(21)14(13-7-5-4-6-8-13)15(17(19)22)18(3)9-10-20/h4-8,12,20H,9-11H2,1-3H3. The second-order valence-corrected chi connectivity index (χ2v) is 5.85. The number of nitrogens with zero attached hydrogens (tertiary/aromatic N) is 2. The van der Waals surface area contributed by atoms with E-state index in [4.69, 9.17) is 5.11 Å². The molecule has 0 spiro atoms. The maximum Gasteiger partial charge on any atom is 0.277 e. The summed E-state index contributed by atoms with van der Waals surface area (Å²) in [5.74, 6) is -0.342. The van der Waals surface area contributed by atoms with Gasteiger partial charge in [0.05, 0.1) is 12.2 Å². The van der Waals surface area contributed by atoms with Gasteiger partial charge in [-0.2, -0.15) is 0 Å². The Hall–Kier alpha value is -2.14. The van der Waals surface area contributed by atoms with Crippen molar-refractivity contribution in [3.8, 4) is 0 Å². The molecule has 1 aromatic rings. The van der Waals surface area contributed by atoms with Crippen molar-refractivity contribution in [3.05, 3.63) is 41.6 Å². The molecule has 0 bridgehead atoms. The normalized spacial score (nSPS) is 15.2. The Morgan fingerprint density at radius 3 is 2.32 bits per heavy atom. The number of benzene rings is 1. The topological polar surface area (TPSA) is 60.9 Å². The molecule has 1 aliphatic rings. The molecule has 2 amide bonds. The number of carbonyl (C=O) groups excluding carboxylic acids is 2. The smallest absolute Gasteiger partial charge is 0.277 e. The second-order valence-electron chi connectivity index (χ2n) is 5.85. The molecule has 5 heteroatoms. The number of hydrogen-bond donors (Lipinski definition) is 1. The fourth-order valence-electron chi connectivity index (χ4n) is 2.58. The highest BCUT2D eigenvalue weighted by atomic mass is 16.3. The maximum atomic E-state index is 12.7. The highest BCUT2D eigenvalue weighted by Crippen LogP contribution is 2.31. The first-order valence-electron chi connectivity index (χ1n) is 7.45. The summed E-state index contributed by atoms with van der Waals surface area (Å²) >= 11 is 0. The molecule has 0 saturated heterocycles. The van der Waals surface area contributed by atoms with Gasteiger partial charge in [0.25, 0.3) is 11.8 Å². The van der Waals surface area contributed by atoms with Crippen LogP contribution in [-0.2, 0) is 9.59 Å². The lowest BCUT2D eigenvalue weighted by Crippen LogP contribution is -2.37. The fourth-order valence-corrected chi connectivity index (χ4v) is 2.58. The van der Waals surface area contributed by atoms with Crippen LogP contribution in [0.2, 0.25) is 0 Å². The minimum absolute atomic E-state index is 0.0757. The van der Waals surface area contributed by atoms with Crippen LogP contribution in [0.5, 0.6) is 0 Å². The van der Waals surface area contributed by atoms with Gasteiger partial charge >= 0.3 is 0 Å². The summed E-state index contributed by atoms with van der Waals surface area (Å²) in [4.78, 5) is 28.4. The van der Waals surface area contributed by atoms with E-state index in [2.05, 4.69) is 0 Å². The molecule has 1 aliphatic heterocycles. The van der Waals surface area contributed by atoms with E-state index in [0.29, 0.717) is 24.4 Å². The quantitative estimate of drug-likeness (QED) is 0.806. The van der Waals surface area contributed by atoms with Crippen molar-refractivity contribution < 1.29 is 14.7 Å². The van der Waals surface area contributed by atoms with Gasteiger partial charge in [-0.1, -0.05) is 44.2 Å². The Labute approximate surface area is 130 Å². The van der Waals surface area contributed by atoms with Gasteiger partial charge < -0.3 is 10.0 Å². The molecular weight excluding hydrogens is 280 g/mol. The van der Waals surface area contributed by atoms with Gasteiger partial charge in [0.1, 0.15) is 5.70 Å². The summed E-state index contributed by atoms with van der Waals surface area (Å²) in [6.07, 6.45) is 0. The van der Waals surface area contributed by atoms with Crippen molar-refractivity contribution in [1.82, 2.24) is 9.80 Å². The van der Waals surface area contributed by atoms with Gasteiger partial charge in [-0.25, -0.2) is 0 Å². The third-order valence-electron chi connectivity index (χ3n) is 3.57. The van der Waals surface area contributed by atoms with E-state index in [-0.39, 0.29) is 24.3 Å². The van der Waals surface area contributed by atoms with Crippen LogP contribution in [0.15, 0.2) is 36.0 Å². The Balaban J connectivity index is 2.49. The van der Waals surface area contributed by atoms with E-state index in [1.165, 1.54) is 4.90 Å². The molecule has 2 rings (SSSR count). The minimum atomic E-state index is -0.284. The Kier molecular flexibility index (Phi) is 4.98. The largest absolute Gasteiger partial charge is 0.395 e. The van der Waals surface area contributed by atoms with Crippen LogP contribution in [0.25, 0.3) is 5.57 Å². The van der Waals surface area contributed by atoms with Crippen molar-refractivity contribution >= 4 is 17.4 Å². The number of hydrogen-bond acceptors (Lipinski definition) is 4. The van der Waals surface area contributed by atoms with Crippen molar-refractivity contribution in [1.29, 1.82) is 0 Å². The van der Waals surface area contributed by atoms with Gasteiger partial charge in [-0.3, -0.25) is 14.5 Å². The molecule has 1 aromatic carbocycles. The average Bonchev–Trinajstić information content (AvgIpc) is 2.72. The molecule has 22 heavy (non-hydrogen) atoms.